The number of carboxylic acids is 1. The van der Waals surface area contributed by atoms with Crippen molar-refractivity contribution in [2.45, 2.75) is 12.5 Å². The molecule has 1 aromatic heterocycles. The summed E-state index contributed by atoms with van der Waals surface area (Å²) in [6.07, 6.45) is 3.09. The van der Waals surface area contributed by atoms with Crippen LogP contribution in [-0.2, 0) is 16.0 Å². The molecule has 0 spiro atoms. The van der Waals surface area contributed by atoms with E-state index in [1.807, 2.05) is 30.3 Å². The third-order valence-corrected chi connectivity index (χ3v) is 5.56. The normalized spacial score (nSPS) is 11.7. The van der Waals surface area contributed by atoms with Gasteiger partial charge >= 0.3 is 5.97 Å². The van der Waals surface area contributed by atoms with Gasteiger partial charge in [0.05, 0.1) is 5.56 Å². The van der Waals surface area contributed by atoms with Crippen LogP contribution in [0.25, 0.3) is 17.5 Å². The smallest absolute Gasteiger partial charge is 0.335 e. The van der Waals surface area contributed by atoms with Crippen LogP contribution < -0.4 is 10.6 Å². The molecular weight excluding hydrogens is 496 g/mol. The lowest BCUT2D eigenvalue weighted by atomic mass is 10.0. The fourth-order valence-electron chi connectivity index (χ4n) is 3.52. The zero-order chi connectivity index (χ0) is 26.2. The molecule has 0 saturated heterocycles. The van der Waals surface area contributed by atoms with Gasteiger partial charge < -0.3 is 15.7 Å². The first-order valence-electron chi connectivity index (χ1n) is 11.1. The average molecular weight is 517 g/mol. The first-order chi connectivity index (χ1) is 17.9. The van der Waals surface area contributed by atoms with E-state index in [-0.39, 0.29) is 12.0 Å². The summed E-state index contributed by atoms with van der Waals surface area (Å²) in [6.45, 7) is 0. The maximum Gasteiger partial charge on any atom is 0.335 e. The molecule has 0 aliphatic rings. The summed E-state index contributed by atoms with van der Waals surface area (Å²) in [7, 11) is 0. The summed E-state index contributed by atoms with van der Waals surface area (Å²) in [6, 6.07) is 19.1. The number of aromatic nitrogens is 4. The maximum atomic E-state index is 13.1. The van der Waals surface area contributed by atoms with Crippen LogP contribution in [0.3, 0.4) is 0 Å². The minimum absolute atomic E-state index is 0.0958. The van der Waals surface area contributed by atoms with Crippen molar-refractivity contribution in [3.63, 3.8) is 0 Å². The molecule has 4 N–H and O–H groups in total. The van der Waals surface area contributed by atoms with Crippen molar-refractivity contribution < 1.29 is 19.5 Å². The number of amides is 2. The van der Waals surface area contributed by atoms with Gasteiger partial charge in [-0.3, -0.25) is 9.59 Å². The quantitative estimate of drug-likeness (QED) is 0.248. The number of nitrogens with zero attached hydrogens (tertiary/aromatic N) is 3. The summed E-state index contributed by atoms with van der Waals surface area (Å²) in [5.74, 6) is -1.69. The van der Waals surface area contributed by atoms with Crippen molar-refractivity contribution in [2.24, 2.45) is 0 Å². The largest absolute Gasteiger partial charge is 0.478 e. The lowest BCUT2D eigenvalue weighted by Gasteiger charge is -2.18. The van der Waals surface area contributed by atoms with E-state index in [0.717, 1.165) is 5.56 Å². The Morgan fingerprint density at radius 1 is 1.03 bits per heavy atom. The van der Waals surface area contributed by atoms with E-state index in [1.165, 1.54) is 30.3 Å². The van der Waals surface area contributed by atoms with Gasteiger partial charge in [0.1, 0.15) is 6.04 Å². The van der Waals surface area contributed by atoms with Gasteiger partial charge in [0.15, 0.2) is 0 Å². The zero-order valence-corrected chi connectivity index (χ0v) is 20.0. The number of tetrazole rings is 1. The monoisotopic (exact) mass is 516 g/mol. The molecule has 0 aliphatic carbocycles. The van der Waals surface area contributed by atoms with Gasteiger partial charge in [-0.2, -0.15) is 5.21 Å². The van der Waals surface area contributed by atoms with Crippen molar-refractivity contribution in [3.8, 4) is 11.4 Å². The van der Waals surface area contributed by atoms with Crippen LogP contribution in [0.1, 0.15) is 21.5 Å². The summed E-state index contributed by atoms with van der Waals surface area (Å²) in [4.78, 5) is 37.0. The van der Waals surface area contributed by atoms with Crippen LogP contribution in [-0.4, -0.2) is 49.6 Å². The van der Waals surface area contributed by atoms with Gasteiger partial charge in [0.2, 0.25) is 17.6 Å². The minimum Gasteiger partial charge on any atom is -0.478 e. The number of hydrogen-bond acceptors (Lipinski definition) is 6. The second-order valence-electron chi connectivity index (χ2n) is 7.92. The van der Waals surface area contributed by atoms with Gasteiger partial charge in [-0.15, -0.1) is 10.2 Å². The van der Waals surface area contributed by atoms with Crippen molar-refractivity contribution in [1.82, 2.24) is 25.9 Å². The zero-order valence-electron chi connectivity index (χ0n) is 19.3. The number of halogens is 1. The fraction of sp³-hybridized carbons (Fsp3) is 0.0769. The average Bonchev–Trinajstić information content (AvgIpc) is 3.43. The number of aromatic carboxylic acids is 1. The number of hydrogen-bond donors (Lipinski definition) is 4. The third-order valence-electron chi connectivity index (χ3n) is 5.33. The molecule has 0 aliphatic heterocycles. The van der Waals surface area contributed by atoms with E-state index in [0.29, 0.717) is 27.7 Å². The minimum atomic E-state index is -1.07. The molecule has 0 fully saturated rings. The maximum absolute atomic E-state index is 13.1. The number of nitrogens with one attached hydrogen (secondary N) is 3. The predicted octanol–water partition coefficient (Wildman–Crippen LogP) is 3.60. The Bertz CT molecular complexity index is 1420. The second-order valence-corrected chi connectivity index (χ2v) is 8.36. The fourth-order valence-corrected chi connectivity index (χ4v) is 3.70. The molecule has 11 heteroatoms. The van der Waals surface area contributed by atoms with Crippen molar-refractivity contribution in [2.75, 3.05) is 5.32 Å². The summed E-state index contributed by atoms with van der Waals surface area (Å²) < 4.78 is 0. The number of carboxylic acid groups (broad SMARTS) is 1. The molecule has 10 nitrogen and oxygen atoms in total. The predicted molar refractivity (Wildman–Crippen MR) is 138 cm³/mol. The third kappa shape index (κ3) is 6.86. The molecule has 0 bridgehead atoms. The molecule has 1 atom stereocenters. The summed E-state index contributed by atoms with van der Waals surface area (Å²) >= 11 is 6.13. The molecule has 186 valence electrons. The van der Waals surface area contributed by atoms with E-state index in [9.17, 15) is 14.4 Å². The molecule has 4 aromatic rings. The van der Waals surface area contributed by atoms with Crippen LogP contribution in [0.2, 0.25) is 5.02 Å². The van der Waals surface area contributed by atoms with Crippen LogP contribution in [0.15, 0.2) is 78.9 Å². The van der Waals surface area contributed by atoms with Gasteiger partial charge in [-0.05, 0) is 64.9 Å². The van der Waals surface area contributed by atoms with Crippen LogP contribution in [0.4, 0.5) is 5.69 Å². The van der Waals surface area contributed by atoms with E-state index < -0.39 is 23.8 Å². The lowest BCUT2D eigenvalue weighted by Crippen LogP contribution is -2.44. The molecule has 0 unspecified atom stereocenters. The Hall–Kier alpha value is -4.83. The molecule has 3 aromatic carbocycles. The first-order valence-corrected chi connectivity index (χ1v) is 11.5. The molecule has 37 heavy (non-hydrogen) atoms. The lowest BCUT2D eigenvalue weighted by molar-refractivity contribution is -0.123. The van der Waals surface area contributed by atoms with Crippen molar-refractivity contribution in [3.05, 3.63) is 101 Å². The van der Waals surface area contributed by atoms with Crippen molar-refractivity contribution >= 4 is 41.1 Å². The summed E-state index contributed by atoms with van der Waals surface area (Å²) in [5, 5.41) is 28.9. The number of anilines is 1. The van der Waals surface area contributed by atoms with E-state index in [2.05, 4.69) is 31.3 Å². The van der Waals surface area contributed by atoms with Crippen LogP contribution >= 0.6 is 11.6 Å². The number of benzene rings is 3. The van der Waals surface area contributed by atoms with Crippen molar-refractivity contribution in [1.29, 1.82) is 0 Å². The Labute approximate surface area is 216 Å². The van der Waals surface area contributed by atoms with Crippen LogP contribution in [0.5, 0.6) is 0 Å². The van der Waals surface area contributed by atoms with E-state index in [1.54, 1.807) is 24.3 Å². The Balaban J connectivity index is 1.51. The molecule has 2 amide bonds. The highest BCUT2D eigenvalue weighted by Gasteiger charge is 2.21. The van der Waals surface area contributed by atoms with Gasteiger partial charge in [-0.25, -0.2) is 4.79 Å². The summed E-state index contributed by atoms with van der Waals surface area (Å²) in [5.41, 5.74) is 2.56. The Morgan fingerprint density at radius 3 is 2.46 bits per heavy atom. The highest BCUT2D eigenvalue weighted by Crippen LogP contribution is 2.24. The number of rotatable bonds is 9. The van der Waals surface area contributed by atoms with Gasteiger partial charge in [0, 0.05) is 28.8 Å². The Morgan fingerprint density at radius 2 is 1.78 bits per heavy atom. The topological polar surface area (TPSA) is 150 Å². The van der Waals surface area contributed by atoms with Gasteiger partial charge in [-0.1, -0.05) is 41.9 Å². The number of aromatic amines is 1. The second kappa shape index (κ2) is 11.7. The highest BCUT2D eigenvalue weighted by atomic mass is 35.5. The van der Waals surface area contributed by atoms with Gasteiger partial charge in [0.25, 0.3) is 0 Å². The van der Waals surface area contributed by atoms with E-state index in [4.69, 9.17) is 16.7 Å². The standard InChI is InChI=1S/C26H21ClN6O4/c27-19-9-12-21(24-30-32-33-31-24)18(15-19)8-13-23(34)29-22(14-16-4-2-1-3-5-16)25(35)28-20-10-6-17(7-11-20)26(36)37/h1-13,15,22H,14H2,(H,28,35)(H,29,34)(H,36,37)(H,30,31,32,33)/b13-8+/t22-/m0/s1. The molecule has 1 heterocycles. The highest BCUT2D eigenvalue weighted by molar-refractivity contribution is 6.30. The molecule has 0 saturated carbocycles. The first kappa shape index (κ1) is 25.3. The Kier molecular flexibility index (Phi) is 8.01. The molecule has 4 rings (SSSR count). The van der Waals surface area contributed by atoms with Crippen LogP contribution in [0, 0.1) is 0 Å². The molecular formula is C26H21ClN6O4. The number of H-pyrrole nitrogens is 1. The van der Waals surface area contributed by atoms with E-state index >= 15 is 0 Å². The number of carbonyl (C=O) groups is 3. The number of carbonyl (C=O) groups excluding carboxylic acids is 2. The molecule has 0 radical (unpaired) electrons. The SMILES string of the molecule is O=C(/C=C/c1cc(Cl)ccc1-c1nn[nH]n1)N[C@@H](Cc1ccccc1)C(=O)Nc1ccc(C(=O)O)cc1.